The minimum Gasteiger partial charge on any atom is -0.450 e. The van der Waals surface area contributed by atoms with E-state index in [1.54, 1.807) is 0 Å². The van der Waals surface area contributed by atoms with Crippen LogP contribution in [0.4, 0.5) is 0 Å². The number of amides is 1. The first-order valence-corrected chi connectivity index (χ1v) is 7.31. The van der Waals surface area contributed by atoms with Gasteiger partial charge in [-0.1, -0.05) is 11.6 Å². The van der Waals surface area contributed by atoms with E-state index >= 15 is 0 Å². The third-order valence-corrected chi connectivity index (χ3v) is 3.44. The lowest BCUT2D eigenvalue weighted by Crippen LogP contribution is -2.32. The van der Waals surface area contributed by atoms with Crippen LogP contribution in [0, 0.1) is 11.3 Å². The summed E-state index contributed by atoms with van der Waals surface area (Å²) in [6.45, 7) is -0.276. The van der Waals surface area contributed by atoms with Gasteiger partial charge in [-0.25, -0.2) is 4.79 Å². The number of ether oxygens (including phenoxy) is 1. The molecule has 0 aliphatic carbocycles. The summed E-state index contributed by atoms with van der Waals surface area (Å²) in [5.74, 6) is -1.69. The molecular formula is C16H13ClN2O5. The molecule has 7 nitrogen and oxygen atoms in total. The Morgan fingerprint density at radius 3 is 2.83 bits per heavy atom. The number of rotatable bonds is 5. The molecule has 2 rings (SSSR count). The number of carbonyl (C=O) groups excluding carboxylic acids is 2. The summed E-state index contributed by atoms with van der Waals surface area (Å²) < 4.78 is 10.2. The summed E-state index contributed by atoms with van der Waals surface area (Å²) >= 11 is 5.81. The van der Waals surface area contributed by atoms with Crippen LogP contribution in [0.15, 0.2) is 33.5 Å². The van der Waals surface area contributed by atoms with Crippen LogP contribution in [0.25, 0.3) is 11.0 Å². The van der Waals surface area contributed by atoms with Crippen molar-refractivity contribution in [3.63, 3.8) is 0 Å². The van der Waals surface area contributed by atoms with Gasteiger partial charge in [0.25, 0.3) is 5.91 Å². The van der Waals surface area contributed by atoms with Crippen molar-refractivity contribution in [2.45, 2.75) is 6.42 Å². The van der Waals surface area contributed by atoms with E-state index in [0.29, 0.717) is 5.02 Å². The Hall–Kier alpha value is -2.85. The second-order valence-corrected chi connectivity index (χ2v) is 5.35. The number of nitrogens with zero attached hydrogens (tertiary/aromatic N) is 2. The summed E-state index contributed by atoms with van der Waals surface area (Å²) in [6, 6.07) is 7.33. The minimum absolute atomic E-state index is 0.179. The zero-order valence-electron chi connectivity index (χ0n) is 12.7. The monoisotopic (exact) mass is 348 g/mol. The van der Waals surface area contributed by atoms with Crippen molar-refractivity contribution in [1.82, 2.24) is 4.90 Å². The average Bonchev–Trinajstić information content (AvgIpc) is 2.57. The molecule has 2 aromatic rings. The number of carbonyl (C=O) groups is 2. The number of benzene rings is 1. The van der Waals surface area contributed by atoms with Crippen LogP contribution in [0.3, 0.4) is 0 Å². The molecule has 0 saturated carbocycles. The number of likely N-dealkylation sites (N-methyl/N-ethyl adjacent to an activating group) is 1. The SMILES string of the molecule is CN(CCC#N)C(=O)COC(=O)c1cc(=O)c2cc(Cl)ccc2o1. The molecule has 0 aliphatic rings. The number of fused-ring (bicyclic) bond motifs is 1. The van der Waals surface area contributed by atoms with Crippen LogP contribution in [-0.2, 0) is 9.53 Å². The lowest BCUT2D eigenvalue weighted by molar-refractivity contribution is -0.133. The Labute approximate surface area is 142 Å². The normalized spacial score (nSPS) is 10.2. The van der Waals surface area contributed by atoms with Crippen molar-refractivity contribution in [3.8, 4) is 6.07 Å². The predicted molar refractivity (Wildman–Crippen MR) is 85.6 cm³/mol. The van der Waals surface area contributed by atoms with Gasteiger partial charge in [-0.2, -0.15) is 5.26 Å². The smallest absolute Gasteiger partial charge is 0.374 e. The van der Waals surface area contributed by atoms with Crippen LogP contribution in [-0.4, -0.2) is 37.0 Å². The lowest BCUT2D eigenvalue weighted by atomic mass is 10.2. The zero-order chi connectivity index (χ0) is 17.7. The van der Waals surface area contributed by atoms with Crippen molar-refractivity contribution in [1.29, 1.82) is 5.26 Å². The first-order chi connectivity index (χ1) is 11.4. The van der Waals surface area contributed by atoms with E-state index < -0.39 is 23.9 Å². The first kappa shape index (κ1) is 17.5. The standard InChI is InChI=1S/C16H13ClN2O5/c1-19(6-2-5-18)15(21)9-23-16(22)14-8-12(20)11-7-10(17)3-4-13(11)24-14/h3-4,7-8H,2,6,9H2,1H3. The molecule has 1 heterocycles. The van der Waals surface area contributed by atoms with E-state index in [9.17, 15) is 14.4 Å². The fraction of sp³-hybridized carbons (Fsp3) is 0.250. The Kier molecular flexibility index (Phi) is 5.55. The molecule has 8 heteroatoms. The van der Waals surface area contributed by atoms with Gasteiger partial charge in [0, 0.05) is 24.7 Å². The molecule has 0 bridgehead atoms. The second-order valence-electron chi connectivity index (χ2n) is 4.91. The molecule has 0 atom stereocenters. The van der Waals surface area contributed by atoms with Gasteiger partial charge >= 0.3 is 5.97 Å². The highest BCUT2D eigenvalue weighted by Crippen LogP contribution is 2.18. The van der Waals surface area contributed by atoms with Crippen LogP contribution >= 0.6 is 11.6 Å². The highest BCUT2D eigenvalue weighted by atomic mass is 35.5. The van der Waals surface area contributed by atoms with Gasteiger partial charge in [-0.15, -0.1) is 0 Å². The molecule has 0 aliphatic heterocycles. The number of nitriles is 1. The van der Waals surface area contributed by atoms with Gasteiger partial charge in [0.05, 0.1) is 17.9 Å². The number of halogens is 1. The number of esters is 1. The van der Waals surface area contributed by atoms with Crippen molar-refractivity contribution in [2.75, 3.05) is 20.2 Å². The van der Waals surface area contributed by atoms with Gasteiger partial charge in [0.1, 0.15) is 5.58 Å². The van der Waals surface area contributed by atoms with Gasteiger partial charge in [0.15, 0.2) is 12.0 Å². The largest absolute Gasteiger partial charge is 0.450 e. The lowest BCUT2D eigenvalue weighted by Gasteiger charge is -2.15. The maximum atomic E-state index is 12.0. The maximum absolute atomic E-state index is 12.0. The Morgan fingerprint density at radius 2 is 2.12 bits per heavy atom. The first-order valence-electron chi connectivity index (χ1n) is 6.94. The van der Waals surface area contributed by atoms with Crippen LogP contribution in [0.2, 0.25) is 5.02 Å². The van der Waals surface area contributed by atoms with E-state index in [1.807, 2.05) is 6.07 Å². The van der Waals surface area contributed by atoms with E-state index in [-0.39, 0.29) is 29.7 Å². The predicted octanol–water partition coefficient (Wildman–Crippen LogP) is 1.98. The average molecular weight is 349 g/mol. The van der Waals surface area contributed by atoms with E-state index in [1.165, 1.54) is 30.1 Å². The topological polar surface area (TPSA) is 101 Å². The van der Waals surface area contributed by atoms with Gasteiger partial charge < -0.3 is 14.1 Å². The number of hydrogen-bond donors (Lipinski definition) is 0. The van der Waals surface area contributed by atoms with Gasteiger partial charge in [-0.05, 0) is 18.2 Å². The molecule has 0 N–H and O–H groups in total. The summed E-state index contributed by atoms with van der Waals surface area (Å²) in [7, 11) is 1.49. The third-order valence-electron chi connectivity index (χ3n) is 3.20. The summed E-state index contributed by atoms with van der Waals surface area (Å²) in [4.78, 5) is 36.9. The molecule has 0 radical (unpaired) electrons. The van der Waals surface area contributed by atoms with Crippen molar-refractivity contribution < 1.29 is 18.7 Å². The highest BCUT2D eigenvalue weighted by molar-refractivity contribution is 6.31. The molecule has 0 unspecified atom stereocenters. The summed E-state index contributed by atoms with van der Waals surface area (Å²) in [6.07, 6.45) is 0.179. The molecule has 0 spiro atoms. The fourth-order valence-corrected chi connectivity index (χ4v) is 2.05. The third kappa shape index (κ3) is 4.12. The Bertz CT molecular complexity index is 884. The molecular weight excluding hydrogens is 336 g/mol. The van der Waals surface area contributed by atoms with Crippen molar-refractivity contribution in [2.24, 2.45) is 0 Å². The zero-order valence-corrected chi connectivity index (χ0v) is 13.5. The van der Waals surface area contributed by atoms with Gasteiger partial charge in [0.2, 0.25) is 5.76 Å². The van der Waals surface area contributed by atoms with E-state index in [4.69, 9.17) is 26.0 Å². The van der Waals surface area contributed by atoms with E-state index in [2.05, 4.69) is 0 Å². The Morgan fingerprint density at radius 1 is 1.38 bits per heavy atom. The molecule has 1 aromatic heterocycles. The van der Waals surface area contributed by atoms with Crippen LogP contribution < -0.4 is 5.43 Å². The second kappa shape index (κ2) is 7.62. The van der Waals surface area contributed by atoms with Crippen LogP contribution in [0.5, 0.6) is 0 Å². The fourth-order valence-electron chi connectivity index (χ4n) is 1.88. The number of hydrogen-bond acceptors (Lipinski definition) is 6. The summed E-state index contributed by atoms with van der Waals surface area (Å²) in [5, 5.41) is 9.08. The quantitative estimate of drug-likeness (QED) is 0.766. The Balaban J connectivity index is 2.09. The minimum atomic E-state index is -0.925. The van der Waals surface area contributed by atoms with Crippen molar-refractivity contribution in [3.05, 3.63) is 45.3 Å². The molecule has 24 heavy (non-hydrogen) atoms. The summed E-state index contributed by atoms with van der Waals surface area (Å²) in [5.41, 5.74) is -0.250. The van der Waals surface area contributed by atoms with Crippen molar-refractivity contribution >= 4 is 34.4 Å². The highest BCUT2D eigenvalue weighted by Gasteiger charge is 2.17. The molecule has 0 fully saturated rings. The van der Waals surface area contributed by atoms with E-state index in [0.717, 1.165) is 6.07 Å². The molecule has 1 amide bonds. The van der Waals surface area contributed by atoms with Crippen LogP contribution in [0.1, 0.15) is 17.0 Å². The molecule has 1 aromatic carbocycles. The van der Waals surface area contributed by atoms with Gasteiger partial charge in [-0.3, -0.25) is 9.59 Å². The maximum Gasteiger partial charge on any atom is 0.374 e. The molecule has 124 valence electrons. The molecule has 0 saturated heterocycles.